The summed E-state index contributed by atoms with van der Waals surface area (Å²) in [6, 6.07) is 6.82. The molecule has 0 aliphatic rings. The molecule has 0 spiro atoms. The molecule has 1 heterocycles. The number of nitrogens with zero attached hydrogens (tertiary/aromatic N) is 3. The van der Waals surface area contributed by atoms with Gasteiger partial charge in [-0.2, -0.15) is 4.98 Å². The lowest BCUT2D eigenvalue weighted by Crippen LogP contribution is -2.23. The van der Waals surface area contributed by atoms with Gasteiger partial charge >= 0.3 is 0 Å². The van der Waals surface area contributed by atoms with Gasteiger partial charge in [0.1, 0.15) is 0 Å². The summed E-state index contributed by atoms with van der Waals surface area (Å²) >= 11 is 0. The molecular formula is C15H22N4O. The highest BCUT2D eigenvalue weighted by Gasteiger charge is 2.16. The zero-order valence-electron chi connectivity index (χ0n) is 12.6. The number of hydrogen-bond donors (Lipinski definition) is 1. The quantitative estimate of drug-likeness (QED) is 0.906. The van der Waals surface area contributed by atoms with E-state index in [1.54, 1.807) is 0 Å². The normalized spacial score (nSPS) is 12.9. The van der Waals surface area contributed by atoms with E-state index >= 15 is 0 Å². The molecule has 108 valence electrons. The van der Waals surface area contributed by atoms with Crippen molar-refractivity contribution in [3.63, 3.8) is 0 Å². The van der Waals surface area contributed by atoms with E-state index in [9.17, 15) is 0 Å². The first kappa shape index (κ1) is 14.7. The second kappa shape index (κ2) is 6.15. The molecule has 0 aliphatic heterocycles. The molecule has 2 aromatic rings. The molecule has 0 saturated heterocycles. The van der Waals surface area contributed by atoms with Crippen molar-refractivity contribution in [2.75, 3.05) is 7.05 Å². The number of benzene rings is 1. The van der Waals surface area contributed by atoms with Crippen LogP contribution in [0.5, 0.6) is 0 Å². The third-order valence-electron chi connectivity index (χ3n) is 3.62. The highest BCUT2D eigenvalue weighted by molar-refractivity contribution is 5.32. The van der Waals surface area contributed by atoms with Gasteiger partial charge in [-0.1, -0.05) is 28.9 Å². The van der Waals surface area contributed by atoms with E-state index in [2.05, 4.69) is 61.1 Å². The summed E-state index contributed by atoms with van der Waals surface area (Å²) in [5, 5.41) is 3.94. The highest BCUT2D eigenvalue weighted by atomic mass is 16.5. The lowest BCUT2D eigenvalue weighted by atomic mass is 9.99. The summed E-state index contributed by atoms with van der Waals surface area (Å²) in [6.45, 7) is 7.36. The molecule has 0 bridgehead atoms. The molecule has 2 N–H and O–H groups in total. The number of rotatable bonds is 5. The van der Waals surface area contributed by atoms with Crippen molar-refractivity contribution in [2.24, 2.45) is 5.73 Å². The van der Waals surface area contributed by atoms with Crippen molar-refractivity contribution < 1.29 is 4.52 Å². The van der Waals surface area contributed by atoms with Crippen LogP contribution < -0.4 is 5.73 Å². The highest BCUT2D eigenvalue weighted by Crippen LogP contribution is 2.24. The number of hydrogen-bond acceptors (Lipinski definition) is 5. The van der Waals surface area contributed by atoms with Crippen molar-refractivity contribution in [2.45, 2.75) is 39.9 Å². The summed E-state index contributed by atoms with van der Waals surface area (Å²) in [4.78, 5) is 6.44. The van der Waals surface area contributed by atoms with E-state index in [-0.39, 0.29) is 12.6 Å². The van der Waals surface area contributed by atoms with Gasteiger partial charge in [0.2, 0.25) is 5.89 Å². The van der Waals surface area contributed by atoms with Crippen LogP contribution in [-0.4, -0.2) is 22.1 Å². The van der Waals surface area contributed by atoms with E-state index in [0.717, 1.165) is 0 Å². The fourth-order valence-corrected chi connectivity index (χ4v) is 2.24. The summed E-state index contributed by atoms with van der Waals surface area (Å²) in [5.41, 5.74) is 9.37. The van der Waals surface area contributed by atoms with E-state index in [1.165, 1.54) is 16.7 Å². The van der Waals surface area contributed by atoms with Gasteiger partial charge in [0.05, 0.1) is 13.1 Å². The average Bonchev–Trinajstić information content (AvgIpc) is 2.88. The average molecular weight is 274 g/mol. The predicted molar refractivity (Wildman–Crippen MR) is 78.0 cm³/mol. The maximum Gasteiger partial charge on any atom is 0.240 e. The predicted octanol–water partition coefficient (Wildman–Crippen LogP) is 2.34. The van der Waals surface area contributed by atoms with Crippen LogP contribution in [0, 0.1) is 13.8 Å². The van der Waals surface area contributed by atoms with Gasteiger partial charge in [0.25, 0.3) is 0 Å². The molecular weight excluding hydrogens is 252 g/mol. The summed E-state index contributed by atoms with van der Waals surface area (Å²) in [7, 11) is 2.06. The first-order chi connectivity index (χ1) is 9.51. The van der Waals surface area contributed by atoms with Gasteiger partial charge in [0.15, 0.2) is 5.82 Å². The molecule has 0 amide bonds. The molecule has 20 heavy (non-hydrogen) atoms. The van der Waals surface area contributed by atoms with Crippen LogP contribution in [0.3, 0.4) is 0 Å². The Morgan fingerprint density at radius 3 is 2.75 bits per heavy atom. The topological polar surface area (TPSA) is 68.2 Å². The van der Waals surface area contributed by atoms with Crippen LogP contribution >= 0.6 is 0 Å². The minimum absolute atomic E-state index is 0.281. The van der Waals surface area contributed by atoms with Crippen LogP contribution in [0.1, 0.15) is 41.4 Å². The van der Waals surface area contributed by atoms with Gasteiger partial charge in [-0.25, -0.2) is 0 Å². The van der Waals surface area contributed by atoms with E-state index in [0.29, 0.717) is 18.3 Å². The first-order valence-electron chi connectivity index (χ1n) is 6.80. The fourth-order valence-electron chi connectivity index (χ4n) is 2.24. The maximum absolute atomic E-state index is 5.47. The molecule has 1 aromatic carbocycles. The lowest BCUT2D eigenvalue weighted by molar-refractivity contribution is 0.241. The molecule has 5 heteroatoms. The van der Waals surface area contributed by atoms with Crippen molar-refractivity contribution >= 4 is 0 Å². The largest absolute Gasteiger partial charge is 0.338 e. The molecule has 1 unspecified atom stereocenters. The van der Waals surface area contributed by atoms with Crippen molar-refractivity contribution in [1.29, 1.82) is 0 Å². The van der Waals surface area contributed by atoms with Gasteiger partial charge in [-0.05, 0) is 38.9 Å². The van der Waals surface area contributed by atoms with Gasteiger partial charge < -0.3 is 10.3 Å². The Bertz CT molecular complexity index is 579. The van der Waals surface area contributed by atoms with Crippen LogP contribution in [-0.2, 0) is 13.1 Å². The van der Waals surface area contributed by atoms with Crippen LogP contribution in [0.15, 0.2) is 22.7 Å². The van der Waals surface area contributed by atoms with E-state index in [1.807, 2.05) is 0 Å². The molecule has 0 radical (unpaired) electrons. The molecule has 0 aliphatic carbocycles. The van der Waals surface area contributed by atoms with E-state index < -0.39 is 0 Å². The van der Waals surface area contributed by atoms with E-state index in [4.69, 9.17) is 10.3 Å². The molecule has 0 fully saturated rings. The summed E-state index contributed by atoms with van der Waals surface area (Å²) in [6.07, 6.45) is 0. The molecule has 0 saturated carbocycles. The summed E-state index contributed by atoms with van der Waals surface area (Å²) < 4.78 is 5.03. The fraction of sp³-hybridized carbons (Fsp3) is 0.467. The monoisotopic (exact) mass is 274 g/mol. The Balaban J connectivity index is 2.11. The molecule has 5 nitrogen and oxygen atoms in total. The zero-order chi connectivity index (χ0) is 14.7. The van der Waals surface area contributed by atoms with Crippen LogP contribution in [0.4, 0.5) is 0 Å². The molecule has 1 aromatic heterocycles. The summed E-state index contributed by atoms with van der Waals surface area (Å²) in [5.74, 6) is 1.15. The Hall–Kier alpha value is -1.72. The second-order valence-corrected chi connectivity index (χ2v) is 5.26. The maximum atomic E-state index is 5.47. The third-order valence-corrected chi connectivity index (χ3v) is 3.62. The zero-order valence-corrected chi connectivity index (χ0v) is 12.6. The minimum atomic E-state index is 0.281. The number of aromatic nitrogens is 2. The second-order valence-electron chi connectivity index (χ2n) is 5.26. The Morgan fingerprint density at radius 2 is 2.10 bits per heavy atom. The number of aryl methyl sites for hydroxylation is 2. The smallest absolute Gasteiger partial charge is 0.240 e. The van der Waals surface area contributed by atoms with Crippen molar-refractivity contribution in [1.82, 2.24) is 15.0 Å². The van der Waals surface area contributed by atoms with Crippen LogP contribution in [0.2, 0.25) is 0 Å². The van der Waals surface area contributed by atoms with Gasteiger partial charge in [-0.3, -0.25) is 4.90 Å². The Kier molecular flexibility index (Phi) is 4.52. The van der Waals surface area contributed by atoms with Crippen molar-refractivity contribution in [3.8, 4) is 0 Å². The minimum Gasteiger partial charge on any atom is -0.338 e. The lowest BCUT2D eigenvalue weighted by Gasteiger charge is -2.25. The first-order valence-corrected chi connectivity index (χ1v) is 6.80. The standard InChI is InChI=1S/C15H22N4O/c1-10-5-6-11(2)13(7-10)12(3)19(4)9-14-17-15(8-16)20-18-14/h5-7,12H,8-9,16H2,1-4H3. The molecule has 1 atom stereocenters. The molecule has 2 rings (SSSR count). The van der Waals surface area contributed by atoms with Crippen LogP contribution in [0.25, 0.3) is 0 Å². The SMILES string of the molecule is Cc1ccc(C)c(C(C)N(C)Cc2noc(CN)n2)c1. The van der Waals surface area contributed by atoms with Gasteiger partial charge in [0, 0.05) is 6.04 Å². The van der Waals surface area contributed by atoms with Crippen molar-refractivity contribution in [3.05, 3.63) is 46.6 Å². The third kappa shape index (κ3) is 3.23. The Morgan fingerprint density at radius 1 is 1.35 bits per heavy atom. The Labute approximate surface area is 119 Å². The van der Waals surface area contributed by atoms with Gasteiger partial charge in [-0.15, -0.1) is 0 Å². The number of nitrogens with two attached hydrogens (primary N) is 1.